The van der Waals surface area contributed by atoms with E-state index < -0.39 is 18.0 Å². The summed E-state index contributed by atoms with van der Waals surface area (Å²) in [5, 5.41) is 22.5. The van der Waals surface area contributed by atoms with Crippen molar-refractivity contribution in [2.75, 3.05) is 11.9 Å². The number of rotatable bonds is 8. The van der Waals surface area contributed by atoms with Gasteiger partial charge in [-0.2, -0.15) is 0 Å². The minimum atomic E-state index is -0.771. The molecular formula is C20H23ClFN5O2S. The molecule has 0 fully saturated rings. The summed E-state index contributed by atoms with van der Waals surface area (Å²) in [6.07, 6.45) is 0.921. The van der Waals surface area contributed by atoms with Crippen LogP contribution < -0.4 is 15.8 Å². The van der Waals surface area contributed by atoms with Gasteiger partial charge in [-0.05, 0) is 39.0 Å². The van der Waals surface area contributed by atoms with Crippen molar-refractivity contribution < 1.29 is 14.2 Å². The fraction of sp³-hybridized carbons (Fsp3) is 0.350. The first-order valence-corrected chi connectivity index (χ1v) is 10.6. The smallest absolute Gasteiger partial charge is 0.165 e. The van der Waals surface area contributed by atoms with Crippen LogP contribution in [-0.2, 0) is 0 Å². The Balaban J connectivity index is 1.82. The van der Waals surface area contributed by atoms with Gasteiger partial charge in [-0.3, -0.25) is 0 Å². The van der Waals surface area contributed by atoms with Crippen LogP contribution in [0.15, 0.2) is 30.5 Å². The molecule has 0 bridgehead atoms. The molecule has 0 aliphatic heterocycles. The molecule has 7 nitrogen and oxygen atoms in total. The number of aromatic nitrogens is 3. The maximum absolute atomic E-state index is 14.5. The van der Waals surface area contributed by atoms with E-state index in [0.717, 1.165) is 11.4 Å². The Morgan fingerprint density at radius 3 is 2.67 bits per heavy atom. The van der Waals surface area contributed by atoms with Gasteiger partial charge >= 0.3 is 0 Å². The van der Waals surface area contributed by atoms with Crippen molar-refractivity contribution in [3.63, 3.8) is 0 Å². The van der Waals surface area contributed by atoms with Crippen molar-refractivity contribution >= 4 is 28.8 Å². The van der Waals surface area contributed by atoms with Crippen LogP contribution >= 0.6 is 22.9 Å². The normalized spacial score (nSPS) is 13.3. The van der Waals surface area contributed by atoms with Gasteiger partial charge in [0.25, 0.3) is 0 Å². The van der Waals surface area contributed by atoms with Gasteiger partial charge in [0.1, 0.15) is 22.4 Å². The topological polar surface area (TPSA) is 106 Å². The van der Waals surface area contributed by atoms with E-state index in [1.807, 2.05) is 26.0 Å². The number of halogens is 2. The van der Waals surface area contributed by atoms with Crippen molar-refractivity contribution in [2.24, 2.45) is 5.73 Å². The molecule has 0 spiro atoms. The lowest BCUT2D eigenvalue weighted by Crippen LogP contribution is -2.38. The summed E-state index contributed by atoms with van der Waals surface area (Å²) < 4.78 is 19.9. The van der Waals surface area contributed by atoms with Gasteiger partial charge in [-0.1, -0.05) is 22.9 Å². The highest BCUT2D eigenvalue weighted by molar-refractivity contribution is 7.18. The maximum Gasteiger partial charge on any atom is 0.165 e. The summed E-state index contributed by atoms with van der Waals surface area (Å²) in [6, 6.07) is 5.96. The predicted molar refractivity (Wildman–Crippen MR) is 117 cm³/mol. The van der Waals surface area contributed by atoms with Crippen LogP contribution in [0.1, 0.15) is 20.8 Å². The average molecular weight is 452 g/mol. The molecule has 4 N–H and O–H groups in total. The number of benzene rings is 1. The molecule has 2 atom stereocenters. The molecule has 0 aliphatic carbocycles. The van der Waals surface area contributed by atoms with Gasteiger partial charge in [0.05, 0.1) is 17.2 Å². The Kier molecular flexibility index (Phi) is 7.19. The van der Waals surface area contributed by atoms with Gasteiger partial charge in [-0.15, -0.1) is 10.2 Å². The predicted octanol–water partition coefficient (Wildman–Crippen LogP) is 3.97. The maximum atomic E-state index is 14.5. The summed E-state index contributed by atoms with van der Waals surface area (Å²) in [7, 11) is 0. The number of pyridine rings is 1. The SMILES string of the molecule is CC(C)Nc1cc(-c2nnc(-c3cc(F)c(OC[C@H](N)[C@H](C)O)cc3Cl)s2)ccn1. The third-order valence-corrected chi connectivity index (χ3v) is 5.49. The Hall–Kier alpha value is -2.33. The summed E-state index contributed by atoms with van der Waals surface area (Å²) in [5.74, 6) is 0.0969. The Morgan fingerprint density at radius 1 is 1.23 bits per heavy atom. The average Bonchev–Trinajstić information content (AvgIpc) is 3.17. The number of ether oxygens (including phenoxy) is 1. The molecule has 1 aromatic carbocycles. The fourth-order valence-corrected chi connectivity index (χ4v) is 3.68. The van der Waals surface area contributed by atoms with Gasteiger partial charge in [-0.25, -0.2) is 9.37 Å². The monoisotopic (exact) mass is 451 g/mol. The second-order valence-corrected chi connectivity index (χ2v) is 8.50. The molecule has 0 saturated carbocycles. The van der Waals surface area contributed by atoms with E-state index in [1.165, 1.54) is 30.4 Å². The molecule has 0 aliphatic rings. The zero-order chi connectivity index (χ0) is 21.8. The Bertz CT molecular complexity index is 1010. The molecule has 10 heteroatoms. The first-order valence-electron chi connectivity index (χ1n) is 9.37. The summed E-state index contributed by atoms with van der Waals surface area (Å²) in [6.45, 7) is 5.55. The van der Waals surface area contributed by atoms with E-state index in [-0.39, 0.29) is 23.4 Å². The van der Waals surface area contributed by atoms with Gasteiger partial charge < -0.3 is 20.9 Å². The lowest BCUT2D eigenvalue weighted by atomic mass is 10.2. The Labute approximate surface area is 183 Å². The summed E-state index contributed by atoms with van der Waals surface area (Å²) >= 11 is 7.64. The van der Waals surface area contributed by atoms with Crippen LogP contribution in [0.2, 0.25) is 5.02 Å². The van der Waals surface area contributed by atoms with E-state index in [2.05, 4.69) is 20.5 Å². The van der Waals surface area contributed by atoms with Crippen LogP contribution in [0.25, 0.3) is 21.1 Å². The molecule has 30 heavy (non-hydrogen) atoms. The molecule has 2 heterocycles. The van der Waals surface area contributed by atoms with Gasteiger partial charge in [0.15, 0.2) is 11.6 Å². The van der Waals surface area contributed by atoms with E-state index in [1.54, 1.807) is 6.20 Å². The molecule has 0 unspecified atom stereocenters. The molecule has 0 radical (unpaired) electrons. The fourth-order valence-electron chi connectivity index (χ4n) is 2.52. The molecule has 2 aromatic heterocycles. The summed E-state index contributed by atoms with van der Waals surface area (Å²) in [5.41, 5.74) is 6.98. The first-order chi connectivity index (χ1) is 14.2. The number of hydrogen-bond acceptors (Lipinski definition) is 8. The number of nitrogens with two attached hydrogens (primary N) is 1. The summed E-state index contributed by atoms with van der Waals surface area (Å²) in [4.78, 5) is 4.28. The van der Waals surface area contributed by atoms with E-state index in [4.69, 9.17) is 22.1 Å². The van der Waals surface area contributed by atoms with Crippen molar-refractivity contribution in [1.29, 1.82) is 0 Å². The number of anilines is 1. The standard InChI is InChI=1S/C20H23ClFN5O2S/c1-10(2)25-18-6-12(4-5-24-18)19-26-27-20(30-19)13-7-15(22)17(8-14(13)21)29-9-16(23)11(3)28/h4-8,10-11,16,28H,9,23H2,1-3H3,(H,24,25)/t11-,16-/m0/s1. The van der Waals surface area contributed by atoms with Crippen LogP contribution in [0.4, 0.5) is 10.2 Å². The van der Waals surface area contributed by atoms with Crippen molar-refractivity contribution in [3.05, 3.63) is 41.3 Å². The number of aliphatic hydroxyl groups is 1. The number of nitrogens with one attached hydrogen (secondary N) is 1. The Morgan fingerprint density at radius 2 is 1.97 bits per heavy atom. The quantitative estimate of drug-likeness (QED) is 0.475. The molecule has 3 aromatic rings. The lowest BCUT2D eigenvalue weighted by Gasteiger charge is -2.16. The minimum Gasteiger partial charge on any atom is -0.489 e. The highest BCUT2D eigenvalue weighted by Gasteiger charge is 2.18. The second kappa shape index (κ2) is 9.65. The van der Waals surface area contributed by atoms with Crippen LogP contribution in [0.3, 0.4) is 0 Å². The zero-order valence-corrected chi connectivity index (χ0v) is 18.3. The van der Waals surface area contributed by atoms with Crippen LogP contribution in [-0.4, -0.2) is 45.1 Å². The van der Waals surface area contributed by atoms with Crippen molar-refractivity contribution in [1.82, 2.24) is 15.2 Å². The highest BCUT2D eigenvalue weighted by atomic mass is 35.5. The molecule has 3 rings (SSSR count). The molecular weight excluding hydrogens is 429 g/mol. The first kappa shape index (κ1) is 22.4. The largest absolute Gasteiger partial charge is 0.489 e. The minimum absolute atomic E-state index is 0.0388. The zero-order valence-electron chi connectivity index (χ0n) is 16.8. The third kappa shape index (κ3) is 5.42. The number of hydrogen-bond donors (Lipinski definition) is 3. The van der Waals surface area contributed by atoms with Gasteiger partial charge in [0, 0.05) is 29.4 Å². The molecule has 160 valence electrons. The number of aliphatic hydroxyl groups excluding tert-OH is 1. The molecule has 0 saturated heterocycles. The van der Waals surface area contributed by atoms with Crippen LogP contribution in [0, 0.1) is 5.82 Å². The molecule has 0 amide bonds. The van der Waals surface area contributed by atoms with Crippen molar-refractivity contribution in [2.45, 2.75) is 39.0 Å². The van der Waals surface area contributed by atoms with E-state index in [9.17, 15) is 9.50 Å². The number of nitrogens with zero attached hydrogens (tertiary/aromatic N) is 3. The van der Waals surface area contributed by atoms with Gasteiger partial charge in [0.2, 0.25) is 0 Å². The lowest BCUT2D eigenvalue weighted by molar-refractivity contribution is 0.129. The highest BCUT2D eigenvalue weighted by Crippen LogP contribution is 2.37. The van der Waals surface area contributed by atoms with Crippen LogP contribution in [0.5, 0.6) is 5.75 Å². The van der Waals surface area contributed by atoms with E-state index >= 15 is 0 Å². The third-order valence-electron chi connectivity index (χ3n) is 4.17. The van der Waals surface area contributed by atoms with E-state index in [0.29, 0.717) is 15.6 Å². The van der Waals surface area contributed by atoms with Crippen molar-refractivity contribution in [3.8, 4) is 26.9 Å². The second-order valence-electron chi connectivity index (χ2n) is 7.12.